The summed E-state index contributed by atoms with van der Waals surface area (Å²) in [5.74, 6) is 0.951. The Kier molecular flexibility index (Phi) is 9.67. The van der Waals surface area contributed by atoms with Gasteiger partial charge in [0.2, 0.25) is 0 Å². The predicted molar refractivity (Wildman–Crippen MR) is 94.0 cm³/mol. The van der Waals surface area contributed by atoms with Crippen molar-refractivity contribution in [1.82, 2.24) is 5.32 Å². The first-order chi connectivity index (χ1) is 10.7. The van der Waals surface area contributed by atoms with Crippen molar-refractivity contribution < 1.29 is 9.47 Å². The summed E-state index contributed by atoms with van der Waals surface area (Å²) in [4.78, 5) is 2.27. The Morgan fingerprint density at radius 2 is 2.00 bits per heavy atom. The van der Waals surface area contributed by atoms with E-state index in [-0.39, 0.29) is 0 Å². The molecule has 0 unspecified atom stereocenters. The van der Waals surface area contributed by atoms with Crippen molar-refractivity contribution in [3.05, 3.63) is 23.8 Å². The number of unbranched alkanes of at least 4 members (excludes halogenated alkanes) is 1. The van der Waals surface area contributed by atoms with Crippen LogP contribution in [0.4, 0.5) is 5.69 Å². The van der Waals surface area contributed by atoms with Crippen LogP contribution < -0.4 is 15.0 Å². The Morgan fingerprint density at radius 1 is 1.18 bits per heavy atom. The van der Waals surface area contributed by atoms with E-state index in [0.29, 0.717) is 0 Å². The molecule has 0 saturated carbocycles. The van der Waals surface area contributed by atoms with Crippen molar-refractivity contribution in [2.75, 3.05) is 45.4 Å². The van der Waals surface area contributed by atoms with Crippen molar-refractivity contribution in [3.63, 3.8) is 0 Å². The van der Waals surface area contributed by atoms with E-state index in [9.17, 15) is 0 Å². The largest absolute Gasteiger partial charge is 0.495 e. The molecule has 4 nitrogen and oxygen atoms in total. The fourth-order valence-corrected chi connectivity index (χ4v) is 2.34. The van der Waals surface area contributed by atoms with Gasteiger partial charge < -0.3 is 19.7 Å². The molecule has 0 atom stereocenters. The zero-order valence-corrected chi connectivity index (χ0v) is 14.7. The maximum Gasteiger partial charge on any atom is 0.142 e. The smallest absolute Gasteiger partial charge is 0.142 e. The Hall–Kier alpha value is -1.26. The van der Waals surface area contributed by atoms with E-state index in [0.717, 1.165) is 50.7 Å². The van der Waals surface area contributed by atoms with Crippen molar-refractivity contribution in [3.8, 4) is 5.75 Å². The fraction of sp³-hybridized carbons (Fsp3) is 0.667. The Balaban J connectivity index is 2.49. The summed E-state index contributed by atoms with van der Waals surface area (Å²) in [6, 6.07) is 6.47. The van der Waals surface area contributed by atoms with Crippen LogP contribution in [0.25, 0.3) is 0 Å². The van der Waals surface area contributed by atoms with Crippen LogP contribution in [0.5, 0.6) is 5.75 Å². The molecule has 1 aromatic carbocycles. The van der Waals surface area contributed by atoms with Gasteiger partial charge in [-0.1, -0.05) is 19.4 Å². The molecule has 0 radical (unpaired) electrons. The minimum atomic E-state index is 0.796. The minimum absolute atomic E-state index is 0.796. The molecule has 4 heteroatoms. The Morgan fingerprint density at radius 3 is 2.68 bits per heavy atom. The second-order valence-electron chi connectivity index (χ2n) is 5.51. The van der Waals surface area contributed by atoms with Crippen LogP contribution in [0.15, 0.2) is 18.2 Å². The lowest BCUT2D eigenvalue weighted by Gasteiger charge is -2.22. The molecule has 0 aliphatic carbocycles. The van der Waals surface area contributed by atoms with E-state index >= 15 is 0 Å². The quantitative estimate of drug-likeness (QED) is 0.600. The van der Waals surface area contributed by atoms with E-state index in [4.69, 9.17) is 9.47 Å². The highest BCUT2D eigenvalue weighted by molar-refractivity contribution is 5.59. The molecule has 126 valence electrons. The zero-order chi connectivity index (χ0) is 16.2. The summed E-state index contributed by atoms with van der Waals surface area (Å²) >= 11 is 0. The van der Waals surface area contributed by atoms with E-state index in [1.807, 2.05) is 6.92 Å². The molecule has 0 bridgehead atoms. The van der Waals surface area contributed by atoms with Crippen molar-refractivity contribution in [2.45, 2.75) is 39.7 Å². The monoisotopic (exact) mass is 308 g/mol. The van der Waals surface area contributed by atoms with Crippen LogP contribution in [0, 0.1) is 0 Å². The first-order valence-corrected chi connectivity index (χ1v) is 8.39. The third-order valence-corrected chi connectivity index (χ3v) is 3.68. The highest BCUT2D eigenvalue weighted by Crippen LogP contribution is 2.28. The first-order valence-electron chi connectivity index (χ1n) is 8.39. The second-order valence-corrected chi connectivity index (χ2v) is 5.51. The van der Waals surface area contributed by atoms with Gasteiger partial charge in [-0.3, -0.25) is 0 Å². The Labute approximate surface area is 135 Å². The number of hydrogen-bond acceptors (Lipinski definition) is 4. The van der Waals surface area contributed by atoms with Crippen LogP contribution in [-0.4, -0.2) is 40.5 Å². The number of anilines is 1. The molecule has 1 rings (SSSR count). The van der Waals surface area contributed by atoms with E-state index in [1.54, 1.807) is 7.11 Å². The summed E-state index contributed by atoms with van der Waals surface area (Å²) in [5, 5.41) is 3.45. The van der Waals surface area contributed by atoms with Crippen molar-refractivity contribution in [1.29, 1.82) is 0 Å². The normalized spacial score (nSPS) is 10.7. The van der Waals surface area contributed by atoms with Crippen LogP contribution in [0.1, 0.15) is 38.7 Å². The van der Waals surface area contributed by atoms with Crippen molar-refractivity contribution in [2.24, 2.45) is 0 Å². The zero-order valence-electron chi connectivity index (χ0n) is 14.7. The number of ether oxygens (including phenoxy) is 2. The van der Waals surface area contributed by atoms with Gasteiger partial charge >= 0.3 is 0 Å². The lowest BCUT2D eigenvalue weighted by atomic mass is 10.1. The number of rotatable bonds is 12. The average molecular weight is 308 g/mol. The fourth-order valence-electron chi connectivity index (χ4n) is 2.34. The van der Waals surface area contributed by atoms with E-state index in [2.05, 4.69) is 42.4 Å². The SMILES string of the molecule is CCCCN(C)c1ccc(CNCCCOCC)cc1OC. The molecule has 0 saturated heterocycles. The van der Waals surface area contributed by atoms with Gasteiger partial charge in [-0.25, -0.2) is 0 Å². The van der Waals surface area contributed by atoms with Gasteiger partial charge in [0.15, 0.2) is 0 Å². The Bertz CT molecular complexity index is 410. The average Bonchev–Trinajstić information content (AvgIpc) is 2.55. The number of nitrogens with one attached hydrogen (secondary N) is 1. The molecular formula is C18H32N2O2. The summed E-state index contributed by atoms with van der Waals surface area (Å²) in [5.41, 5.74) is 2.41. The predicted octanol–water partition coefficient (Wildman–Crippen LogP) is 3.45. The van der Waals surface area contributed by atoms with E-state index in [1.165, 1.54) is 18.4 Å². The third kappa shape index (κ3) is 6.67. The van der Waals surface area contributed by atoms with Gasteiger partial charge in [0.05, 0.1) is 12.8 Å². The molecule has 0 aliphatic rings. The summed E-state index contributed by atoms with van der Waals surface area (Å²) < 4.78 is 10.9. The maximum absolute atomic E-state index is 5.56. The van der Waals surface area contributed by atoms with Crippen LogP contribution in [0.2, 0.25) is 0 Å². The topological polar surface area (TPSA) is 33.7 Å². The number of hydrogen-bond donors (Lipinski definition) is 1. The molecule has 22 heavy (non-hydrogen) atoms. The molecule has 0 heterocycles. The minimum Gasteiger partial charge on any atom is -0.495 e. The van der Waals surface area contributed by atoms with Crippen molar-refractivity contribution >= 4 is 5.69 Å². The molecule has 0 aliphatic heterocycles. The van der Waals surface area contributed by atoms with E-state index < -0.39 is 0 Å². The molecule has 0 amide bonds. The van der Waals surface area contributed by atoms with Gasteiger partial charge in [-0.05, 0) is 44.0 Å². The molecular weight excluding hydrogens is 276 g/mol. The molecule has 1 N–H and O–H groups in total. The number of benzene rings is 1. The summed E-state index contributed by atoms with van der Waals surface area (Å²) in [7, 11) is 3.87. The van der Waals surface area contributed by atoms with Crippen LogP contribution >= 0.6 is 0 Å². The molecule has 0 fully saturated rings. The standard InChI is InChI=1S/C18H32N2O2/c1-5-7-12-20(3)17-10-9-16(14-18(17)21-4)15-19-11-8-13-22-6-2/h9-10,14,19H,5-8,11-13,15H2,1-4H3. The summed E-state index contributed by atoms with van der Waals surface area (Å²) in [6.07, 6.45) is 3.45. The molecule has 0 aromatic heterocycles. The number of methoxy groups -OCH3 is 1. The highest BCUT2D eigenvalue weighted by atomic mass is 16.5. The summed E-state index contributed by atoms with van der Waals surface area (Å²) in [6.45, 7) is 8.76. The lowest BCUT2D eigenvalue weighted by Crippen LogP contribution is -2.20. The lowest BCUT2D eigenvalue weighted by molar-refractivity contribution is 0.144. The van der Waals surface area contributed by atoms with Gasteiger partial charge in [-0.15, -0.1) is 0 Å². The van der Waals surface area contributed by atoms with Gasteiger partial charge in [0.1, 0.15) is 5.75 Å². The molecule has 1 aromatic rings. The second kappa shape index (κ2) is 11.3. The number of nitrogens with zero attached hydrogens (tertiary/aromatic N) is 1. The van der Waals surface area contributed by atoms with Gasteiger partial charge in [0.25, 0.3) is 0 Å². The highest BCUT2D eigenvalue weighted by Gasteiger charge is 2.08. The molecule has 0 spiro atoms. The third-order valence-electron chi connectivity index (χ3n) is 3.68. The maximum atomic E-state index is 5.56. The van der Waals surface area contributed by atoms with Crippen LogP contribution in [0.3, 0.4) is 0 Å². The first kappa shape index (κ1) is 18.8. The van der Waals surface area contributed by atoms with Crippen LogP contribution in [-0.2, 0) is 11.3 Å². The van der Waals surface area contributed by atoms with Gasteiger partial charge in [0, 0.05) is 33.4 Å². The van der Waals surface area contributed by atoms with Gasteiger partial charge in [-0.2, -0.15) is 0 Å².